The molecule has 2 heterocycles. The molecule has 0 aromatic carbocycles. The van der Waals surface area contributed by atoms with Crippen molar-refractivity contribution in [2.45, 2.75) is 90.8 Å². The van der Waals surface area contributed by atoms with Gasteiger partial charge in [-0.3, -0.25) is 4.79 Å². The van der Waals surface area contributed by atoms with Crippen LogP contribution in [-0.4, -0.2) is 40.8 Å². The van der Waals surface area contributed by atoms with Crippen molar-refractivity contribution in [1.29, 1.82) is 0 Å². The summed E-state index contributed by atoms with van der Waals surface area (Å²) in [6, 6.07) is 0. The summed E-state index contributed by atoms with van der Waals surface area (Å²) in [5, 5.41) is 20.7. The third-order valence-corrected chi connectivity index (χ3v) is 7.30. The highest BCUT2D eigenvalue weighted by Gasteiger charge is 2.52. The number of allylic oxidation sites excluding steroid dienone is 3. The molecule has 0 unspecified atom stereocenters. The van der Waals surface area contributed by atoms with Gasteiger partial charge in [0.15, 0.2) is 17.9 Å². The maximum absolute atomic E-state index is 12.2. The van der Waals surface area contributed by atoms with E-state index in [4.69, 9.17) is 9.47 Å². The average molecular weight is 417 g/mol. The summed E-state index contributed by atoms with van der Waals surface area (Å²) in [7, 11) is 0. The van der Waals surface area contributed by atoms with Crippen molar-refractivity contribution in [3.05, 3.63) is 34.9 Å². The van der Waals surface area contributed by atoms with Crippen molar-refractivity contribution < 1.29 is 24.5 Å². The molecule has 0 saturated carbocycles. The highest BCUT2D eigenvalue weighted by atomic mass is 16.7. The van der Waals surface area contributed by atoms with Crippen LogP contribution in [0.1, 0.15) is 72.6 Å². The lowest BCUT2D eigenvalue weighted by Crippen LogP contribution is -2.54. The van der Waals surface area contributed by atoms with Crippen molar-refractivity contribution in [2.75, 3.05) is 6.61 Å². The number of aliphatic hydroxyl groups is 2. The first-order chi connectivity index (χ1) is 14.0. The normalized spacial score (nSPS) is 41.1. The lowest BCUT2D eigenvalue weighted by Gasteiger charge is -2.51. The number of aliphatic hydroxyl groups excluding tert-OH is 2. The molecule has 0 amide bonds. The van der Waals surface area contributed by atoms with Crippen LogP contribution in [0.5, 0.6) is 0 Å². The predicted molar refractivity (Wildman–Crippen MR) is 114 cm³/mol. The van der Waals surface area contributed by atoms with Gasteiger partial charge in [-0.15, -0.1) is 0 Å². The molecule has 4 rings (SSSR count). The Labute approximate surface area is 179 Å². The molecular formula is C25H36O5. The molecule has 0 radical (unpaired) electrons. The topological polar surface area (TPSA) is 76.0 Å². The van der Waals surface area contributed by atoms with Crippen LogP contribution in [0, 0.1) is 16.7 Å². The first-order valence-electron chi connectivity index (χ1n) is 11.3. The molecule has 1 spiro atoms. The third-order valence-electron chi connectivity index (χ3n) is 7.30. The van der Waals surface area contributed by atoms with Gasteiger partial charge in [0.05, 0.1) is 12.7 Å². The number of hydrogen-bond donors (Lipinski definition) is 2. The van der Waals surface area contributed by atoms with Crippen molar-refractivity contribution in [1.82, 2.24) is 0 Å². The molecular weight excluding hydrogens is 380 g/mol. The minimum Gasteiger partial charge on any atom is -0.392 e. The molecule has 30 heavy (non-hydrogen) atoms. The van der Waals surface area contributed by atoms with E-state index in [0.717, 1.165) is 18.4 Å². The zero-order chi connectivity index (χ0) is 21.7. The van der Waals surface area contributed by atoms with E-state index in [1.165, 1.54) is 18.4 Å². The molecule has 2 aliphatic heterocycles. The minimum atomic E-state index is -1.08. The summed E-state index contributed by atoms with van der Waals surface area (Å²) >= 11 is 0. The zero-order valence-electron chi connectivity index (χ0n) is 18.7. The Morgan fingerprint density at radius 3 is 2.67 bits per heavy atom. The van der Waals surface area contributed by atoms with Gasteiger partial charge in [-0.2, -0.15) is 0 Å². The number of ether oxygens (including phenoxy) is 2. The Hall–Kier alpha value is -1.27. The number of hydrogen-bond acceptors (Lipinski definition) is 5. The van der Waals surface area contributed by atoms with Crippen LogP contribution in [-0.2, 0) is 14.3 Å². The molecule has 5 nitrogen and oxygen atoms in total. The Balaban J connectivity index is 1.63. The maximum Gasteiger partial charge on any atom is 0.192 e. The molecule has 1 saturated heterocycles. The molecule has 0 aromatic heterocycles. The van der Waals surface area contributed by atoms with Gasteiger partial charge in [0.2, 0.25) is 0 Å². The smallest absolute Gasteiger partial charge is 0.192 e. The Bertz CT molecular complexity index is 806. The van der Waals surface area contributed by atoms with Crippen molar-refractivity contribution in [3.63, 3.8) is 0 Å². The summed E-state index contributed by atoms with van der Waals surface area (Å²) in [5.74, 6) is -1.14. The quantitative estimate of drug-likeness (QED) is 0.675. The molecule has 2 N–H and O–H groups in total. The molecule has 4 aliphatic rings. The minimum absolute atomic E-state index is 0.0939. The number of Topliss-reactive ketones (excluding diaryl/α,β-unsaturated/α-hetero) is 1. The highest BCUT2D eigenvalue weighted by Crippen LogP contribution is 2.51. The predicted octanol–water partition coefficient (Wildman–Crippen LogP) is 4.20. The number of fused-ring (bicyclic) bond motifs is 1. The molecule has 166 valence electrons. The van der Waals surface area contributed by atoms with Gasteiger partial charge in [-0.05, 0) is 66.7 Å². The Kier molecular flexibility index (Phi) is 5.63. The van der Waals surface area contributed by atoms with Gasteiger partial charge in [-0.25, -0.2) is 0 Å². The van der Waals surface area contributed by atoms with E-state index in [0.29, 0.717) is 24.8 Å². The largest absolute Gasteiger partial charge is 0.392 e. The SMILES string of the molecule is CC1=C[C@H]2O[C@]3(C=C(CO)[C@H]2CC1=O)C[C@](C)(CC1=CC(C)(C)CCC1)C[C@@H](O)O3. The van der Waals surface area contributed by atoms with Gasteiger partial charge >= 0.3 is 0 Å². The van der Waals surface area contributed by atoms with Crippen LogP contribution >= 0.6 is 0 Å². The van der Waals surface area contributed by atoms with E-state index >= 15 is 0 Å². The fourth-order valence-electron chi connectivity index (χ4n) is 6.05. The Morgan fingerprint density at radius 2 is 1.97 bits per heavy atom. The van der Waals surface area contributed by atoms with Crippen LogP contribution in [0.3, 0.4) is 0 Å². The average Bonchev–Trinajstić information content (AvgIpc) is 2.60. The molecule has 1 fully saturated rings. The monoisotopic (exact) mass is 416 g/mol. The second-order valence-electron chi connectivity index (χ2n) is 10.9. The van der Waals surface area contributed by atoms with Gasteiger partial charge < -0.3 is 19.7 Å². The van der Waals surface area contributed by atoms with Gasteiger partial charge in [0.25, 0.3) is 0 Å². The van der Waals surface area contributed by atoms with Crippen molar-refractivity contribution in [2.24, 2.45) is 16.7 Å². The van der Waals surface area contributed by atoms with Crippen LogP contribution in [0.2, 0.25) is 0 Å². The van der Waals surface area contributed by atoms with Crippen LogP contribution in [0.4, 0.5) is 0 Å². The number of ketones is 1. The van der Waals surface area contributed by atoms with Gasteiger partial charge in [0, 0.05) is 25.2 Å². The number of carbonyl (C=O) groups is 1. The molecule has 5 heteroatoms. The molecule has 0 bridgehead atoms. The van der Waals surface area contributed by atoms with Crippen molar-refractivity contribution >= 4 is 5.78 Å². The van der Waals surface area contributed by atoms with E-state index in [2.05, 4.69) is 26.8 Å². The summed E-state index contributed by atoms with van der Waals surface area (Å²) in [6.45, 7) is 8.45. The number of carbonyl (C=O) groups excluding carboxylic acids is 1. The van der Waals surface area contributed by atoms with E-state index in [-0.39, 0.29) is 35.2 Å². The standard InChI is InChI=1S/C25H36O5/c1-16-8-21-19(9-20(16)27)18(14-26)12-25(29-21)15-24(4,13-22(28)30-25)11-17-6-5-7-23(2,3)10-17/h8,10,12,19,21-22,26,28H,5-7,9,11,13-15H2,1-4H3/t19-,21-,22+,24-,25+/m1/s1. The van der Waals surface area contributed by atoms with Crippen molar-refractivity contribution in [3.8, 4) is 0 Å². The zero-order valence-corrected chi connectivity index (χ0v) is 18.7. The van der Waals surface area contributed by atoms with E-state index < -0.39 is 12.1 Å². The maximum atomic E-state index is 12.2. The summed E-state index contributed by atoms with van der Waals surface area (Å²) < 4.78 is 12.4. The highest BCUT2D eigenvalue weighted by molar-refractivity contribution is 5.96. The van der Waals surface area contributed by atoms with Gasteiger partial charge in [0.1, 0.15) is 0 Å². The molecule has 0 aromatic rings. The first-order valence-corrected chi connectivity index (χ1v) is 11.3. The number of rotatable bonds is 3. The Morgan fingerprint density at radius 1 is 1.20 bits per heavy atom. The molecule has 2 aliphatic carbocycles. The van der Waals surface area contributed by atoms with Gasteiger partial charge in [-0.1, -0.05) is 32.4 Å². The summed E-state index contributed by atoms with van der Waals surface area (Å²) in [5.41, 5.74) is 2.97. The van der Waals surface area contributed by atoms with E-state index in [9.17, 15) is 15.0 Å². The first kappa shape index (κ1) is 21.9. The molecule has 5 atom stereocenters. The fraction of sp³-hybridized carbons (Fsp3) is 0.720. The lowest BCUT2D eigenvalue weighted by atomic mass is 9.68. The third kappa shape index (κ3) is 4.36. The second-order valence-corrected chi connectivity index (χ2v) is 10.9. The summed E-state index contributed by atoms with van der Waals surface area (Å²) in [4.78, 5) is 12.2. The van der Waals surface area contributed by atoms with Crippen LogP contribution in [0.25, 0.3) is 0 Å². The second kappa shape index (κ2) is 7.70. The van der Waals surface area contributed by atoms with E-state index in [1.54, 1.807) is 0 Å². The fourth-order valence-corrected chi connectivity index (χ4v) is 6.05. The van der Waals surface area contributed by atoms with Crippen LogP contribution < -0.4 is 0 Å². The van der Waals surface area contributed by atoms with Crippen LogP contribution in [0.15, 0.2) is 34.9 Å². The lowest BCUT2D eigenvalue weighted by molar-refractivity contribution is -0.333. The summed E-state index contributed by atoms with van der Waals surface area (Å²) in [6.07, 6.45) is 10.8. The van der Waals surface area contributed by atoms with E-state index in [1.807, 2.05) is 19.1 Å².